The molecule has 2 unspecified atom stereocenters. The summed E-state index contributed by atoms with van der Waals surface area (Å²) < 4.78 is 4.47. The average Bonchev–Trinajstić information content (AvgIpc) is 1.93. The maximum absolute atomic E-state index is 8.88. The van der Waals surface area contributed by atoms with Gasteiger partial charge in [0.25, 0.3) is 0 Å². The Morgan fingerprint density at radius 2 is 1.60 bits per heavy atom. The molecule has 60 valence electrons. The molecule has 5 nitrogen and oxygen atoms in total. The molecule has 0 amide bonds. The first-order valence-corrected chi connectivity index (χ1v) is 2.97. The molecule has 0 aromatic rings. The van der Waals surface area contributed by atoms with Gasteiger partial charge in [-0.3, -0.25) is 0 Å². The van der Waals surface area contributed by atoms with E-state index in [1.165, 1.54) is 0 Å². The Kier molecular flexibility index (Phi) is 2.22. The van der Waals surface area contributed by atoms with E-state index in [9.17, 15) is 0 Å². The lowest BCUT2D eigenvalue weighted by molar-refractivity contribution is -0.252. The van der Waals surface area contributed by atoms with E-state index in [0.29, 0.717) is 0 Å². The van der Waals surface area contributed by atoms with Crippen LogP contribution in [0.1, 0.15) is 0 Å². The van der Waals surface area contributed by atoms with Gasteiger partial charge >= 0.3 is 0 Å². The lowest BCUT2D eigenvalue weighted by Crippen LogP contribution is -2.52. The lowest BCUT2D eigenvalue weighted by atomic mass is 10.1. The number of aliphatic hydroxyl groups excluding tert-OH is 4. The van der Waals surface area contributed by atoms with Crippen LogP contribution in [-0.2, 0) is 4.74 Å². The van der Waals surface area contributed by atoms with Crippen LogP contribution in [0.2, 0.25) is 0 Å². The summed E-state index contributed by atoms with van der Waals surface area (Å²) in [5, 5.41) is 35.3. The highest BCUT2D eigenvalue weighted by molar-refractivity contribution is 4.81. The molecule has 1 saturated heterocycles. The topological polar surface area (TPSA) is 90.2 Å². The first-order valence-electron chi connectivity index (χ1n) is 2.97. The van der Waals surface area contributed by atoms with Crippen LogP contribution in [0.15, 0.2) is 0 Å². The standard InChI is InChI=1S/C5H10O5/c6-2-1-10-5(9)4(8)3(2)7/h2-9H,1H2/t2-,3?,4?,5+/m1/s1. The number of hydrogen-bond donors (Lipinski definition) is 4. The van der Waals surface area contributed by atoms with Gasteiger partial charge in [-0.05, 0) is 0 Å². The van der Waals surface area contributed by atoms with Crippen molar-refractivity contribution in [3.8, 4) is 0 Å². The first-order chi connectivity index (χ1) is 4.63. The molecule has 1 aliphatic rings. The monoisotopic (exact) mass is 150 g/mol. The zero-order valence-electron chi connectivity index (χ0n) is 5.21. The quantitative estimate of drug-likeness (QED) is 0.304. The van der Waals surface area contributed by atoms with Gasteiger partial charge in [-0.25, -0.2) is 0 Å². The van der Waals surface area contributed by atoms with Crippen molar-refractivity contribution in [2.24, 2.45) is 0 Å². The molecule has 1 heterocycles. The maximum atomic E-state index is 8.88. The van der Waals surface area contributed by atoms with Crippen molar-refractivity contribution in [3.05, 3.63) is 0 Å². The van der Waals surface area contributed by atoms with E-state index >= 15 is 0 Å². The van der Waals surface area contributed by atoms with E-state index in [1.807, 2.05) is 0 Å². The van der Waals surface area contributed by atoms with Crippen molar-refractivity contribution in [1.29, 1.82) is 0 Å². The van der Waals surface area contributed by atoms with E-state index in [1.54, 1.807) is 0 Å². The predicted molar refractivity (Wildman–Crippen MR) is 30.0 cm³/mol. The SMILES string of the molecule is OC1C(O)[C@@H](O)OC[C@H]1O. The van der Waals surface area contributed by atoms with Crippen LogP contribution in [0.3, 0.4) is 0 Å². The van der Waals surface area contributed by atoms with Crippen LogP contribution in [0, 0.1) is 0 Å². The Morgan fingerprint density at radius 1 is 1.00 bits per heavy atom. The molecule has 0 aromatic heterocycles. The third-order valence-corrected chi connectivity index (χ3v) is 1.47. The summed E-state index contributed by atoms with van der Waals surface area (Å²) in [6, 6.07) is 0. The Labute approximate surface area is 57.5 Å². The highest BCUT2D eigenvalue weighted by Gasteiger charge is 2.36. The molecular weight excluding hydrogens is 140 g/mol. The second-order valence-electron chi connectivity index (χ2n) is 2.27. The second-order valence-corrected chi connectivity index (χ2v) is 2.27. The summed E-state index contributed by atoms with van der Waals surface area (Å²) in [6.07, 6.45) is -5.23. The van der Waals surface area contributed by atoms with E-state index in [0.717, 1.165) is 0 Å². The molecule has 4 N–H and O–H groups in total. The van der Waals surface area contributed by atoms with E-state index in [4.69, 9.17) is 20.4 Å². The maximum Gasteiger partial charge on any atom is 0.183 e. The van der Waals surface area contributed by atoms with Gasteiger partial charge in [0.15, 0.2) is 6.29 Å². The Bertz CT molecular complexity index is 103. The van der Waals surface area contributed by atoms with Gasteiger partial charge in [-0.15, -0.1) is 0 Å². The fourth-order valence-corrected chi connectivity index (χ4v) is 0.791. The zero-order chi connectivity index (χ0) is 7.72. The summed E-state index contributed by atoms with van der Waals surface area (Å²) in [6.45, 7) is -0.153. The minimum Gasteiger partial charge on any atom is -0.388 e. The molecule has 1 aliphatic heterocycles. The Hall–Kier alpha value is -0.200. The van der Waals surface area contributed by atoms with Crippen LogP contribution in [0.5, 0.6) is 0 Å². The number of hydrogen-bond acceptors (Lipinski definition) is 5. The Balaban J connectivity index is 2.52. The normalized spacial score (nSPS) is 49.2. The highest BCUT2D eigenvalue weighted by atomic mass is 16.6. The minimum atomic E-state index is -1.41. The summed E-state index contributed by atoms with van der Waals surface area (Å²) >= 11 is 0. The molecule has 5 heteroatoms. The van der Waals surface area contributed by atoms with Crippen molar-refractivity contribution in [2.75, 3.05) is 6.61 Å². The predicted octanol–water partition coefficient (Wildman–Crippen LogP) is -2.58. The van der Waals surface area contributed by atoms with Crippen LogP contribution in [-0.4, -0.2) is 51.6 Å². The summed E-state index contributed by atoms with van der Waals surface area (Å²) in [7, 11) is 0. The van der Waals surface area contributed by atoms with Gasteiger partial charge in [0, 0.05) is 0 Å². The Morgan fingerprint density at radius 3 is 2.10 bits per heavy atom. The zero-order valence-corrected chi connectivity index (χ0v) is 5.21. The number of rotatable bonds is 0. The molecular formula is C5H10O5. The van der Waals surface area contributed by atoms with Gasteiger partial charge in [-0.2, -0.15) is 0 Å². The molecule has 0 aromatic carbocycles. The smallest absolute Gasteiger partial charge is 0.183 e. The summed E-state index contributed by atoms with van der Waals surface area (Å²) in [4.78, 5) is 0. The van der Waals surface area contributed by atoms with Crippen LogP contribution >= 0.6 is 0 Å². The summed E-state index contributed by atoms with van der Waals surface area (Å²) in [5.74, 6) is 0. The van der Waals surface area contributed by atoms with Gasteiger partial charge in [0.1, 0.15) is 18.3 Å². The molecule has 4 atom stereocenters. The fraction of sp³-hybridized carbons (Fsp3) is 1.00. The van der Waals surface area contributed by atoms with Crippen molar-refractivity contribution < 1.29 is 25.2 Å². The molecule has 0 aliphatic carbocycles. The van der Waals surface area contributed by atoms with Crippen LogP contribution in [0.4, 0.5) is 0 Å². The molecule has 0 spiro atoms. The van der Waals surface area contributed by atoms with Crippen molar-refractivity contribution in [1.82, 2.24) is 0 Å². The van der Waals surface area contributed by atoms with E-state index in [2.05, 4.69) is 4.74 Å². The van der Waals surface area contributed by atoms with Crippen molar-refractivity contribution in [2.45, 2.75) is 24.6 Å². The lowest BCUT2D eigenvalue weighted by Gasteiger charge is -2.31. The second kappa shape index (κ2) is 2.81. The highest BCUT2D eigenvalue weighted by Crippen LogP contribution is 2.12. The molecule has 0 saturated carbocycles. The minimum absolute atomic E-state index is 0.153. The van der Waals surface area contributed by atoms with Gasteiger partial charge < -0.3 is 25.2 Å². The summed E-state index contributed by atoms with van der Waals surface area (Å²) in [5.41, 5.74) is 0. The molecule has 1 fully saturated rings. The number of aliphatic hydroxyl groups is 4. The first kappa shape index (κ1) is 7.90. The largest absolute Gasteiger partial charge is 0.388 e. The van der Waals surface area contributed by atoms with Gasteiger partial charge in [0.05, 0.1) is 6.61 Å². The number of ether oxygens (including phenoxy) is 1. The molecule has 10 heavy (non-hydrogen) atoms. The van der Waals surface area contributed by atoms with E-state index < -0.39 is 24.6 Å². The fourth-order valence-electron chi connectivity index (χ4n) is 0.791. The van der Waals surface area contributed by atoms with Crippen molar-refractivity contribution >= 4 is 0 Å². The van der Waals surface area contributed by atoms with Gasteiger partial charge in [0.2, 0.25) is 0 Å². The van der Waals surface area contributed by atoms with Crippen LogP contribution < -0.4 is 0 Å². The van der Waals surface area contributed by atoms with E-state index in [-0.39, 0.29) is 6.61 Å². The third-order valence-electron chi connectivity index (χ3n) is 1.47. The van der Waals surface area contributed by atoms with Crippen LogP contribution in [0.25, 0.3) is 0 Å². The average molecular weight is 150 g/mol. The molecule has 1 rings (SSSR count). The van der Waals surface area contributed by atoms with Crippen molar-refractivity contribution in [3.63, 3.8) is 0 Å². The van der Waals surface area contributed by atoms with Gasteiger partial charge in [-0.1, -0.05) is 0 Å². The molecule has 0 bridgehead atoms. The molecule has 0 radical (unpaired) electrons. The third kappa shape index (κ3) is 1.28.